The highest BCUT2D eigenvalue weighted by Gasteiger charge is 2.22. The summed E-state index contributed by atoms with van der Waals surface area (Å²) in [5.41, 5.74) is -0.370. The average molecular weight is 283 g/mol. The number of carbonyl (C=O) groups is 2. The molecule has 2 amide bonds. The Morgan fingerprint density at radius 1 is 1.30 bits per heavy atom. The summed E-state index contributed by atoms with van der Waals surface area (Å²) in [5.74, 6) is 0.110. The molecular formula is C15H29N3O2. The van der Waals surface area contributed by atoms with Gasteiger partial charge in [0.15, 0.2) is 0 Å². The molecule has 0 spiro atoms. The Morgan fingerprint density at radius 2 is 2.00 bits per heavy atom. The van der Waals surface area contributed by atoms with Crippen LogP contribution in [0.4, 0.5) is 0 Å². The van der Waals surface area contributed by atoms with Crippen molar-refractivity contribution in [1.29, 1.82) is 0 Å². The number of rotatable bonds is 5. The summed E-state index contributed by atoms with van der Waals surface area (Å²) in [7, 11) is 0. The van der Waals surface area contributed by atoms with Crippen molar-refractivity contribution in [2.24, 2.45) is 5.41 Å². The topological polar surface area (TPSA) is 70.2 Å². The van der Waals surface area contributed by atoms with Crippen molar-refractivity contribution in [2.75, 3.05) is 13.1 Å². The Labute approximate surface area is 122 Å². The molecule has 1 aliphatic heterocycles. The van der Waals surface area contributed by atoms with E-state index in [0.29, 0.717) is 25.4 Å². The van der Waals surface area contributed by atoms with Gasteiger partial charge in [0.1, 0.15) is 0 Å². The largest absolute Gasteiger partial charge is 0.356 e. The molecule has 0 aliphatic carbocycles. The SMILES string of the molecule is CC1NCCCC1NC(=O)CCCNC(=O)C(C)(C)C. The summed E-state index contributed by atoms with van der Waals surface area (Å²) in [6, 6.07) is 0.578. The Hall–Kier alpha value is -1.10. The Balaban J connectivity index is 2.16. The lowest BCUT2D eigenvalue weighted by molar-refractivity contribution is -0.128. The van der Waals surface area contributed by atoms with Crippen LogP contribution in [0.25, 0.3) is 0 Å². The van der Waals surface area contributed by atoms with Crippen LogP contribution in [0.3, 0.4) is 0 Å². The standard InChI is InChI=1S/C15H29N3O2/c1-11-12(7-5-9-16-11)18-13(19)8-6-10-17-14(20)15(2,3)4/h11-12,16H,5-10H2,1-4H3,(H,17,20)(H,18,19). The Kier molecular flexibility index (Phi) is 6.46. The molecule has 0 bridgehead atoms. The molecule has 1 saturated heterocycles. The third kappa shape index (κ3) is 5.90. The van der Waals surface area contributed by atoms with Crippen molar-refractivity contribution in [3.05, 3.63) is 0 Å². The minimum Gasteiger partial charge on any atom is -0.356 e. The molecule has 0 radical (unpaired) electrons. The number of amides is 2. The minimum absolute atomic E-state index is 0.0306. The first-order chi connectivity index (χ1) is 9.30. The van der Waals surface area contributed by atoms with E-state index in [2.05, 4.69) is 22.9 Å². The second kappa shape index (κ2) is 7.62. The number of nitrogens with one attached hydrogen (secondary N) is 3. The van der Waals surface area contributed by atoms with E-state index in [-0.39, 0.29) is 23.3 Å². The number of carbonyl (C=O) groups excluding carboxylic acids is 2. The van der Waals surface area contributed by atoms with Gasteiger partial charge in [-0.2, -0.15) is 0 Å². The van der Waals surface area contributed by atoms with Crippen molar-refractivity contribution in [3.8, 4) is 0 Å². The average Bonchev–Trinajstić information content (AvgIpc) is 2.36. The van der Waals surface area contributed by atoms with Gasteiger partial charge in [0.25, 0.3) is 0 Å². The second-order valence-corrected chi connectivity index (χ2v) is 6.67. The van der Waals surface area contributed by atoms with Crippen LogP contribution in [0.2, 0.25) is 0 Å². The zero-order valence-corrected chi connectivity index (χ0v) is 13.2. The summed E-state index contributed by atoms with van der Waals surface area (Å²) >= 11 is 0. The first-order valence-electron chi connectivity index (χ1n) is 7.62. The second-order valence-electron chi connectivity index (χ2n) is 6.67. The highest BCUT2D eigenvalue weighted by molar-refractivity contribution is 5.81. The van der Waals surface area contributed by atoms with Crippen molar-refractivity contribution >= 4 is 11.8 Å². The van der Waals surface area contributed by atoms with Gasteiger partial charge < -0.3 is 16.0 Å². The van der Waals surface area contributed by atoms with Gasteiger partial charge in [-0.15, -0.1) is 0 Å². The lowest BCUT2D eigenvalue weighted by Crippen LogP contribution is -2.51. The first-order valence-corrected chi connectivity index (χ1v) is 7.62. The normalized spacial score (nSPS) is 23.2. The monoisotopic (exact) mass is 283 g/mol. The van der Waals surface area contributed by atoms with E-state index in [0.717, 1.165) is 19.4 Å². The molecule has 3 N–H and O–H groups in total. The molecule has 0 aromatic rings. The Bertz CT molecular complexity index is 337. The maximum absolute atomic E-state index is 11.8. The van der Waals surface area contributed by atoms with Crippen LogP contribution in [0.15, 0.2) is 0 Å². The zero-order valence-electron chi connectivity index (χ0n) is 13.2. The van der Waals surface area contributed by atoms with Crippen LogP contribution in [0.5, 0.6) is 0 Å². The van der Waals surface area contributed by atoms with Gasteiger partial charge in [-0.3, -0.25) is 9.59 Å². The van der Waals surface area contributed by atoms with Gasteiger partial charge in [-0.1, -0.05) is 20.8 Å². The molecule has 5 nitrogen and oxygen atoms in total. The maximum Gasteiger partial charge on any atom is 0.225 e. The predicted octanol–water partition coefficient (Wildman–Crippen LogP) is 1.19. The first kappa shape index (κ1) is 17.0. The summed E-state index contributed by atoms with van der Waals surface area (Å²) in [6.07, 6.45) is 3.30. The molecule has 1 rings (SSSR count). The highest BCUT2D eigenvalue weighted by atomic mass is 16.2. The molecule has 1 fully saturated rings. The lowest BCUT2D eigenvalue weighted by Gasteiger charge is -2.30. The molecular weight excluding hydrogens is 254 g/mol. The van der Waals surface area contributed by atoms with Crippen molar-refractivity contribution in [2.45, 2.75) is 65.5 Å². The van der Waals surface area contributed by atoms with Gasteiger partial charge in [0, 0.05) is 30.5 Å². The molecule has 1 aliphatic rings. The molecule has 5 heteroatoms. The molecule has 20 heavy (non-hydrogen) atoms. The molecule has 2 unspecified atom stereocenters. The van der Waals surface area contributed by atoms with Crippen molar-refractivity contribution in [3.63, 3.8) is 0 Å². The smallest absolute Gasteiger partial charge is 0.225 e. The Morgan fingerprint density at radius 3 is 2.60 bits per heavy atom. The quantitative estimate of drug-likeness (QED) is 0.664. The molecule has 0 aromatic heterocycles. The fourth-order valence-corrected chi connectivity index (χ4v) is 2.24. The molecule has 116 valence electrons. The van der Waals surface area contributed by atoms with Crippen molar-refractivity contribution in [1.82, 2.24) is 16.0 Å². The van der Waals surface area contributed by atoms with E-state index in [9.17, 15) is 9.59 Å². The third-order valence-electron chi connectivity index (χ3n) is 3.66. The fourth-order valence-electron chi connectivity index (χ4n) is 2.24. The van der Waals surface area contributed by atoms with E-state index < -0.39 is 0 Å². The van der Waals surface area contributed by atoms with E-state index in [1.54, 1.807) is 0 Å². The summed E-state index contributed by atoms with van der Waals surface area (Å²) in [6.45, 7) is 9.34. The maximum atomic E-state index is 11.8. The molecule has 2 atom stereocenters. The van der Waals surface area contributed by atoms with E-state index in [1.807, 2.05) is 20.8 Å². The highest BCUT2D eigenvalue weighted by Crippen LogP contribution is 2.12. The zero-order chi connectivity index (χ0) is 15.2. The lowest BCUT2D eigenvalue weighted by atomic mass is 9.96. The predicted molar refractivity (Wildman–Crippen MR) is 80.3 cm³/mol. The molecule has 0 saturated carbocycles. The fraction of sp³-hybridized carbons (Fsp3) is 0.867. The minimum atomic E-state index is -0.370. The molecule has 0 aromatic carbocycles. The summed E-state index contributed by atoms with van der Waals surface area (Å²) in [5, 5.41) is 9.30. The van der Waals surface area contributed by atoms with Crippen LogP contribution in [-0.2, 0) is 9.59 Å². The van der Waals surface area contributed by atoms with Crippen LogP contribution >= 0.6 is 0 Å². The number of hydrogen-bond donors (Lipinski definition) is 3. The van der Waals surface area contributed by atoms with Gasteiger partial charge in [-0.05, 0) is 32.7 Å². The van der Waals surface area contributed by atoms with Crippen LogP contribution in [0.1, 0.15) is 53.4 Å². The van der Waals surface area contributed by atoms with Gasteiger partial charge in [0.2, 0.25) is 11.8 Å². The molecule has 1 heterocycles. The summed E-state index contributed by atoms with van der Waals surface area (Å²) < 4.78 is 0. The van der Waals surface area contributed by atoms with Gasteiger partial charge in [0.05, 0.1) is 0 Å². The van der Waals surface area contributed by atoms with Gasteiger partial charge in [-0.25, -0.2) is 0 Å². The van der Waals surface area contributed by atoms with E-state index in [4.69, 9.17) is 0 Å². The number of hydrogen-bond acceptors (Lipinski definition) is 3. The third-order valence-corrected chi connectivity index (χ3v) is 3.66. The van der Waals surface area contributed by atoms with Gasteiger partial charge >= 0.3 is 0 Å². The van der Waals surface area contributed by atoms with E-state index in [1.165, 1.54) is 0 Å². The number of piperidine rings is 1. The summed E-state index contributed by atoms with van der Waals surface area (Å²) in [4.78, 5) is 23.5. The van der Waals surface area contributed by atoms with E-state index >= 15 is 0 Å². The van der Waals surface area contributed by atoms with Crippen molar-refractivity contribution < 1.29 is 9.59 Å². The van der Waals surface area contributed by atoms with Crippen LogP contribution in [0, 0.1) is 5.41 Å². The van der Waals surface area contributed by atoms with Crippen LogP contribution < -0.4 is 16.0 Å². The van der Waals surface area contributed by atoms with Crippen LogP contribution in [-0.4, -0.2) is 37.0 Å².